The van der Waals surface area contributed by atoms with Gasteiger partial charge in [0, 0.05) is 10.5 Å². The summed E-state index contributed by atoms with van der Waals surface area (Å²) in [6.07, 6.45) is 0. The Bertz CT molecular complexity index is 1020. The first-order valence-corrected chi connectivity index (χ1v) is 9.22. The number of ether oxygens (including phenoxy) is 1. The fourth-order valence-corrected chi connectivity index (χ4v) is 3.31. The molecule has 1 aromatic carbocycles. The third-order valence-electron chi connectivity index (χ3n) is 3.53. The van der Waals surface area contributed by atoms with E-state index in [1.54, 1.807) is 45.0 Å². The molecule has 2 heterocycles. The molecule has 0 aliphatic rings. The van der Waals surface area contributed by atoms with Gasteiger partial charge in [0.25, 0.3) is 0 Å². The van der Waals surface area contributed by atoms with Gasteiger partial charge in [0.1, 0.15) is 16.4 Å². The Morgan fingerprint density at radius 2 is 1.92 bits per heavy atom. The van der Waals surface area contributed by atoms with E-state index in [-0.39, 0.29) is 15.7 Å². The van der Waals surface area contributed by atoms with Gasteiger partial charge in [-0.15, -0.1) is 0 Å². The number of fused-ring (bicyclic) bond motifs is 1. The molecule has 0 amide bonds. The van der Waals surface area contributed by atoms with Crippen molar-refractivity contribution in [2.75, 3.05) is 0 Å². The maximum atomic E-state index is 12.3. The van der Waals surface area contributed by atoms with Crippen molar-refractivity contribution in [1.82, 2.24) is 9.97 Å². The van der Waals surface area contributed by atoms with Gasteiger partial charge in [0.05, 0.1) is 11.0 Å². The fourth-order valence-electron chi connectivity index (χ4n) is 2.57. The SMILES string of the molecule is CC(C)(C)OC(=O)c1cc2nc(Cl)cc(-c3ccccc3S(=O)[O-])c2[nH]1. The highest BCUT2D eigenvalue weighted by Gasteiger charge is 2.21. The molecule has 1 unspecified atom stereocenters. The Morgan fingerprint density at radius 1 is 1.23 bits per heavy atom. The van der Waals surface area contributed by atoms with Gasteiger partial charge in [-0.1, -0.05) is 29.8 Å². The molecule has 0 bridgehead atoms. The van der Waals surface area contributed by atoms with E-state index in [0.717, 1.165) is 0 Å². The number of benzene rings is 1. The zero-order valence-corrected chi connectivity index (χ0v) is 15.9. The van der Waals surface area contributed by atoms with Crippen molar-refractivity contribution in [1.29, 1.82) is 0 Å². The average Bonchev–Trinajstić information content (AvgIpc) is 2.96. The van der Waals surface area contributed by atoms with E-state index < -0.39 is 22.7 Å². The molecule has 0 spiro atoms. The number of nitrogens with zero attached hydrogens (tertiary/aromatic N) is 1. The summed E-state index contributed by atoms with van der Waals surface area (Å²) in [4.78, 5) is 19.6. The molecule has 0 saturated heterocycles. The van der Waals surface area contributed by atoms with Crippen LogP contribution in [0.15, 0.2) is 41.3 Å². The van der Waals surface area contributed by atoms with Gasteiger partial charge in [0.2, 0.25) is 0 Å². The third-order valence-corrected chi connectivity index (χ3v) is 4.44. The first kappa shape index (κ1) is 18.6. The Kier molecular flexibility index (Phi) is 4.88. The molecule has 1 N–H and O–H groups in total. The van der Waals surface area contributed by atoms with Crippen molar-refractivity contribution >= 4 is 39.7 Å². The zero-order chi connectivity index (χ0) is 19.1. The normalized spacial score (nSPS) is 13.0. The van der Waals surface area contributed by atoms with E-state index in [1.165, 1.54) is 12.1 Å². The van der Waals surface area contributed by atoms with Crippen LogP contribution in [-0.2, 0) is 15.8 Å². The Labute approximate surface area is 157 Å². The molecule has 0 aliphatic carbocycles. The van der Waals surface area contributed by atoms with Crippen LogP contribution in [0.1, 0.15) is 31.3 Å². The topological polar surface area (TPSA) is 95.1 Å². The number of nitrogens with one attached hydrogen (secondary N) is 1. The van der Waals surface area contributed by atoms with E-state index in [9.17, 15) is 13.6 Å². The van der Waals surface area contributed by atoms with Gasteiger partial charge >= 0.3 is 5.97 Å². The summed E-state index contributed by atoms with van der Waals surface area (Å²) in [7, 11) is 0. The number of hydrogen-bond acceptors (Lipinski definition) is 5. The molecular weight excluding hydrogens is 376 g/mol. The van der Waals surface area contributed by atoms with Crippen LogP contribution in [0.25, 0.3) is 22.2 Å². The highest BCUT2D eigenvalue weighted by atomic mass is 35.5. The maximum absolute atomic E-state index is 12.3. The minimum Gasteiger partial charge on any atom is -0.768 e. The third kappa shape index (κ3) is 3.80. The maximum Gasteiger partial charge on any atom is 0.355 e. The molecule has 0 aliphatic heterocycles. The number of H-pyrrole nitrogens is 1. The van der Waals surface area contributed by atoms with Crippen LogP contribution >= 0.6 is 11.6 Å². The van der Waals surface area contributed by atoms with Gasteiger partial charge in [-0.05, 0) is 55.6 Å². The van der Waals surface area contributed by atoms with Gasteiger partial charge in [-0.25, -0.2) is 9.78 Å². The Balaban J connectivity index is 2.19. The van der Waals surface area contributed by atoms with E-state index in [4.69, 9.17) is 16.3 Å². The van der Waals surface area contributed by atoms with Crippen LogP contribution in [0.3, 0.4) is 0 Å². The van der Waals surface area contributed by atoms with Crippen molar-refractivity contribution in [3.05, 3.63) is 47.2 Å². The molecular formula is C18H16ClN2O4S-. The number of aromatic amines is 1. The highest BCUT2D eigenvalue weighted by Crippen LogP contribution is 2.33. The predicted octanol–water partition coefficient (Wildman–Crippen LogP) is 4.08. The number of rotatable bonds is 3. The number of hydrogen-bond donors (Lipinski definition) is 1. The summed E-state index contributed by atoms with van der Waals surface area (Å²) in [6, 6.07) is 9.63. The molecule has 2 aromatic heterocycles. The van der Waals surface area contributed by atoms with Crippen LogP contribution in [0.4, 0.5) is 0 Å². The molecule has 136 valence electrons. The first-order valence-electron chi connectivity index (χ1n) is 7.77. The van der Waals surface area contributed by atoms with Crippen LogP contribution < -0.4 is 0 Å². The fraction of sp³-hybridized carbons (Fsp3) is 0.222. The summed E-state index contributed by atoms with van der Waals surface area (Å²) in [5.74, 6) is -0.529. The second-order valence-electron chi connectivity index (χ2n) is 6.67. The standard InChI is InChI=1S/C18H17ClN2O4S/c1-18(2,3)25-17(22)13-9-12-16(21-13)11(8-15(19)20-12)10-6-4-5-7-14(10)26(23)24/h4-9,21H,1-3H3,(H,23,24)/p-1. The van der Waals surface area contributed by atoms with Gasteiger partial charge in [-0.3, -0.25) is 4.21 Å². The second-order valence-corrected chi connectivity index (χ2v) is 7.97. The number of carbonyl (C=O) groups is 1. The zero-order valence-electron chi connectivity index (χ0n) is 14.3. The molecule has 8 heteroatoms. The first-order chi connectivity index (χ1) is 12.2. The van der Waals surface area contributed by atoms with Crippen LogP contribution in [0.5, 0.6) is 0 Å². The number of pyridine rings is 1. The summed E-state index contributed by atoms with van der Waals surface area (Å²) >= 11 is 3.68. The van der Waals surface area contributed by atoms with E-state index in [2.05, 4.69) is 9.97 Å². The Hall–Kier alpha value is -2.22. The lowest BCUT2D eigenvalue weighted by Crippen LogP contribution is -2.24. The molecule has 6 nitrogen and oxygen atoms in total. The van der Waals surface area contributed by atoms with Crippen LogP contribution in [0, 0.1) is 0 Å². The van der Waals surface area contributed by atoms with Crippen molar-refractivity contribution in [3.63, 3.8) is 0 Å². The predicted molar refractivity (Wildman–Crippen MR) is 98.9 cm³/mol. The minimum absolute atomic E-state index is 0.129. The van der Waals surface area contributed by atoms with E-state index in [0.29, 0.717) is 22.2 Å². The number of esters is 1. The molecule has 26 heavy (non-hydrogen) atoms. The quantitative estimate of drug-likeness (QED) is 0.412. The van der Waals surface area contributed by atoms with Gasteiger partial charge < -0.3 is 14.3 Å². The molecule has 0 saturated carbocycles. The lowest BCUT2D eigenvalue weighted by atomic mass is 10.1. The summed E-state index contributed by atoms with van der Waals surface area (Å²) in [5, 5.41) is 0.189. The highest BCUT2D eigenvalue weighted by molar-refractivity contribution is 7.79. The average molecular weight is 392 g/mol. The minimum atomic E-state index is -2.42. The summed E-state index contributed by atoms with van der Waals surface area (Å²) < 4.78 is 28.5. The molecule has 3 rings (SSSR count). The van der Waals surface area contributed by atoms with Crippen LogP contribution in [0.2, 0.25) is 5.15 Å². The summed E-state index contributed by atoms with van der Waals surface area (Å²) in [5.41, 5.74) is 1.52. The van der Waals surface area contributed by atoms with Crippen LogP contribution in [-0.4, -0.2) is 30.3 Å². The number of carbonyl (C=O) groups excluding carboxylic acids is 1. The monoisotopic (exact) mass is 391 g/mol. The molecule has 3 aromatic rings. The lowest BCUT2D eigenvalue weighted by Gasteiger charge is -2.18. The van der Waals surface area contributed by atoms with Crippen molar-refractivity contribution in [3.8, 4) is 11.1 Å². The van der Waals surface area contributed by atoms with E-state index >= 15 is 0 Å². The second kappa shape index (κ2) is 6.83. The smallest absolute Gasteiger partial charge is 0.355 e. The van der Waals surface area contributed by atoms with Gasteiger partial charge in [-0.2, -0.15) is 0 Å². The molecule has 1 atom stereocenters. The number of aromatic nitrogens is 2. The molecule has 0 radical (unpaired) electrons. The summed E-state index contributed by atoms with van der Waals surface area (Å²) in [6.45, 7) is 5.32. The van der Waals surface area contributed by atoms with Gasteiger partial charge in [0.15, 0.2) is 0 Å². The van der Waals surface area contributed by atoms with Crippen molar-refractivity contribution < 1.29 is 18.3 Å². The Morgan fingerprint density at radius 3 is 2.58 bits per heavy atom. The number of halogens is 1. The van der Waals surface area contributed by atoms with Crippen molar-refractivity contribution in [2.45, 2.75) is 31.3 Å². The van der Waals surface area contributed by atoms with E-state index in [1.807, 2.05) is 0 Å². The lowest BCUT2D eigenvalue weighted by molar-refractivity contribution is 0.00638. The van der Waals surface area contributed by atoms with Crippen molar-refractivity contribution in [2.24, 2.45) is 0 Å². The largest absolute Gasteiger partial charge is 0.768 e. The molecule has 0 fully saturated rings.